The van der Waals surface area contributed by atoms with Crippen LogP contribution in [0.3, 0.4) is 0 Å². The second-order valence-electron chi connectivity index (χ2n) is 4.69. The molecule has 2 rings (SSSR count). The number of sulfone groups is 1. The third-order valence-corrected chi connectivity index (χ3v) is 4.85. The molecular formula is C12H16O3S2. The molecule has 1 aromatic rings. The van der Waals surface area contributed by atoms with E-state index in [0.717, 1.165) is 18.6 Å². The van der Waals surface area contributed by atoms with Gasteiger partial charge in [-0.25, -0.2) is 8.42 Å². The second kappa shape index (κ2) is 4.53. The molecule has 0 N–H and O–H groups in total. The van der Waals surface area contributed by atoms with Gasteiger partial charge in [0.05, 0.1) is 11.5 Å². The van der Waals surface area contributed by atoms with Crippen LogP contribution in [0.5, 0.6) is 5.75 Å². The zero-order valence-corrected chi connectivity index (χ0v) is 11.4. The summed E-state index contributed by atoms with van der Waals surface area (Å²) in [4.78, 5) is 0.297. The van der Waals surface area contributed by atoms with Gasteiger partial charge in [-0.05, 0) is 36.8 Å². The normalized spacial score (nSPS) is 17.8. The Morgan fingerprint density at radius 3 is 2.65 bits per heavy atom. The summed E-state index contributed by atoms with van der Waals surface area (Å²) in [5, 5.41) is 0. The monoisotopic (exact) mass is 272 g/mol. The minimum Gasteiger partial charge on any atom is -0.493 e. The Balaban J connectivity index is 2.07. The van der Waals surface area contributed by atoms with Crippen LogP contribution in [0.15, 0.2) is 29.2 Å². The van der Waals surface area contributed by atoms with Gasteiger partial charge < -0.3 is 4.74 Å². The molecule has 0 aromatic heterocycles. The second-order valence-corrected chi connectivity index (χ2v) is 7.03. The molecule has 17 heavy (non-hydrogen) atoms. The smallest absolute Gasteiger partial charge is 0.175 e. The summed E-state index contributed by atoms with van der Waals surface area (Å²) in [6, 6.07) is 6.63. The number of rotatable bonds is 5. The number of hydrogen-bond donors (Lipinski definition) is 1. The van der Waals surface area contributed by atoms with Gasteiger partial charge in [-0.15, -0.1) is 0 Å². The van der Waals surface area contributed by atoms with Crippen molar-refractivity contribution in [2.75, 3.05) is 18.6 Å². The first-order chi connectivity index (χ1) is 7.95. The topological polar surface area (TPSA) is 43.4 Å². The average molecular weight is 272 g/mol. The molecule has 0 saturated heterocycles. The van der Waals surface area contributed by atoms with Crippen molar-refractivity contribution in [1.82, 2.24) is 0 Å². The summed E-state index contributed by atoms with van der Waals surface area (Å²) >= 11 is 4.30. The summed E-state index contributed by atoms with van der Waals surface area (Å²) in [7, 11) is -3.16. The molecule has 1 saturated carbocycles. The minimum absolute atomic E-state index is 0.213. The Hall–Kier alpha value is -0.680. The maximum absolute atomic E-state index is 11.4. The highest BCUT2D eigenvalue weighted by Crippen LogP contribution is 2.46. The van der Waals surface area contributed by atoms with E-state index in [1.165, 1.54) is 6.26 Å². The maximum atomic E-state index is 11.4. The van der Waals surface area contributed by atoms with E-state index < -0.39 is 9.84 Å². The first-order valence-corrected chi connectivity index (χ1v) is 8.01. The van der Waals surface area contributed by atoms with Gasteiger partial charge in [-0.2, -0.15) is 12.6 Å². The first-order valence-electron chi connectivity index (χ1n) is 5.49. The van der Waals surface area contributed by atoms with Crippen molar-refractivity contribution in [3.05, 3.63) is 24.3 Å². The molecule has 0 amide bonds. The molecule has 1 fully saturated rings. The van der Waals surface area contributed by atoms with Crippen LogP contribution >= 0.6 is 12.6 Å². The Labute approximate surface area is 108 Å². The molecule has 0 atom stereocenters. The Bertz CT molecular complexity index is 504. The Kier molecular flexibility index (Phi) is 3.41. The average Bonchev–Trinajstić information content (AvgIpc) is 3.06. The lowest BCUT2D eigenvalue weighted by molar-refractivity contribution is 0.250. The largest absolute Gasteiger partial charge is 0.493 e. The predicted octanol–water partition coefficient (Wildman–Crippen LogP) is 2.18. The van der Waals surface area contributed by atoms with Crippen LogP contribution < -0.4 is 4.74 Å². The van der Waals surface area contributed by atoms with Crippen LogP contribution in [-0.2, 0) is 9.84 Å². The molecule has 3 nitrogen and oxygen atoms in total. The van der Waals surface area contributed by atoms with Crippen molar-refractivity contribution in [3.8, 4) is 5.75 Å². The van der Waals surface area contributed by atoms with Gasteiger partial charge in [-0.3, -0.25) is 0 Å². The quantitative estimate of drug-likeness (QED) is 0.836. The highest BCUT2D eigenvalue weighted by atomic mass is 32.2. The van der Waals surface area contributed by atoms with Gasteiger partial charge >= 0.3 is 0 Å². The zero-order chi connectivity index (χ0) is 12.5. The van der Waals surface area contributed by atoms with Crippen molar-refractivity contribution >= 4 is 22.5 Å². The van der Waals surface area contributed by atoms with E-state index in [1.807, 2.05) is 0 Å². The predicted molar refractivity (Wildman–Crippen MR) is 70.6 cm³/mol. The third-order valence-electron chi connectivity index (χ3n) is 3.07. The molecule has 5 heteroatoms. The van der Waals surface area contributed by atoms with Gasteiger partial charge in [0.2, 0.25) is 0 Å². The van der Waals surface area contributed by atoms with E-state index in [9.17, 15) is 8.42 Å². The molecular weight excluding hydrogens is 256 g/mol. The summed E-state index contributed by atoms with van der Waals surface area (Å²) < 4.78 is 28.4. The highest BCUT2D eigenvalue weighted by molar-refractivity contribution is 7.90. The highest BCUT2D eigenvalue weighted by Gasteiger charge is 2.42. The molecule has 1 aliphatic rings. The van der Waals surface area contributed by atoms with Gasteiger partial charge in [0.25, 0.3) is 0 Å². The molecule has 0 unspecified atom stereocenters. The number of hydrogen-bond acceptors (Lipinski definition) is 4. The van der Waals surface area contributed by atoms with E-state index in [0.29, 0.717) is 17.3 Å². The standard InChI is InChI=1S/C12H16O3S2/c1-17(13,14)11-4-2-3-10(7-11)15-8-12(9-16)5-6-12/h2-4,7,16H,5-6,8-9H2,1H3. The molecule has 1 aliphatic carbocycles. The molecule has 0 radical (unpaired) electrons. The van der Waals surface area contributed by atoms with Gasteiger partial charge in [0, 0.05) is 11.7 Å². The Morgan fingerprint density at radius 1 is 1.41 bits per heavy atom. The van der Waals surface area contributed by atoms with Crippen molar-refractivity contribution in [2.24, 2.45) is 5.41 Å². The zero-order valence-electron chi connectivity index (χ0n) is 9.72. The van der Waals surface area contributed by atoms with Crippen molar-refractivity contribution in [1.29, 1.82) is 0 Å². The van der Waals surface area contributed by atoms with Crippen LogP contribution in [0.1, 0.15) is 12.8 Å². The molecule has 0 bridgehead atoms. The van der Waals surface area contributed by atoms with Gasteiger partial charge in [0.1, 0.15) is 5.75 Å². The Morgan fingerprint density at radius 2 is 2.12 bits per heavy atom. The molecule has 94 valence electrons. The minimum atomic E-state index is -3.16. The molecule has 0 heterocycles. The molecule has 1 aromatic carbocycles. The van der Waals surface area contributed by atoms with Crippen LogP contribution in [0.25, 0.3) is 0 Å². The lowest BCUT2D eigenvalue weighted by atomic mass is 10.2. The van der Waals surface area contributed by atoms with Crippen LogP contribution in [0.2, 0.25) is 0 Å². The number of thiol groups is 1. The summed E-state index contributed by atoms with van der Waals surface area (Å²) in [6.45, 7) is 0.615. The fourth-order valence-corrected chi connectivity index (χ4v) is 2.62. The van der Waals surface area contributed by atoms with Crippen molar-refractivity contribution < 1.29 is 13.2 Å². The summed E-state index contributed by atoms with van der Waals surface area (Å²) in [5.74, 6) is 1.43. The van der Waals surface area contributed by atoms with E-state index in [2.05, 4.69) is 12.6 Å². The summed E-state index contributed by atoms with van der Waals surface area (Å²) in [6.07, 6.45) is 3.48. The number of ether oxygens (including phenoxy) is 1. The fourth-order valence-electron chi connectivity index (χ4n) is 1.56. The first kappa shape index (κ1) is 12.8. The lowest BCUT2D eigenvalue weighted by Gasteiger charge is -2.13. The van der Waals surface area contributed by atoms with E-state index in [4.69, 9.17) is 4.74 Å². The van der Waals surface area contributed by atoms with Gasteiger partial charge in [-0.1, -0.05) is 6.07 Å². The SMILES string of the molecule is CS(=O)(=O)c1cccc(OCC2(CS)CC2)c1. The lowest BCUT2D eigenvalue weighted by Crippen LogP contribution is -2.14. The van der Waals surface area contributed by atoms with Crippen LogP contribution in [0, 0.1) is 5.41 Å². The fraction of sp³-hybridized carbons (Fsp3) is 0.500. The number of benzene rings is 1. The third kappa shape index (κ3) is 3.16. The van der Waals surface area contributed by atoms with E-state index >= 15 is 0 Å². The van der Waals surface area contributed by atoms with Crippen molar-refractivity contribution in [2.45, 2.75) is 17.7 Å². The van der Waals surface area contributed by atoms with Crippen molar-refractivity contribution in [3.63, 3.8) is 0 Å². The van der Waals surface area contributed by atoms with E-state index in [-0.39, 0.29) is 5.41 Å². The van der Waals surface area contributed by atoms with Crippen LogP contribution in [-0.4, -0.2) is 27.0 Å². The molecule has 0 aliphatic heterocycles. The van der Waals surface area contributed by atoms with Crippen LogP contribution in [0.4, 0.5) is 0 Å². The summed E-state index contributed by atoms with van der Waals surface area (Å²) in [5.41, 5.74) is 0.213. The van der Waals surface area contributed by atoms with E-state index in [1.54, 1.807) is 24.3 Å². The van der Waals surface area contributed by atoms with Gasteiger partial charge in [0.15, 0.2) is 9.84 Å². The maximum Gasteiger partial charge on any atom is 0.175 e. The molecule has 0 spiro atoms.